The van der Waals surface area contributed by atoms with Crippen molar-refractivity contribution in [2.24, 2.45) is 0 Å². The lowest BCUT2D eigenvalue weighted by Gasteiger charge is -2.45. The van der Waals surface area contributed by atoms with Crippen molar-refractivity contribution >= 4 is 29.0 Å². The van der Waals surface area contributed by atoms with Crippen molar-refractivity contribution in [3.05, 3.63) is 48.0 Å². The van der Waals surface area contributed by atoms with E-state index in [1.165, 1.54) is 5.56 Å². The average Bonchev–Trinajstić information content (AvgIpc) is 3.70. The molecular weight excluding hydrogens is 442 g/mol. The molecular formula is C27H33N5O3. The molecule has 0 radical (unpaired) electrons. The molecule has 0 bridgehead atoms. The second kappa shape index (κ2) is 9.00. The van der Waals surface area contributed by atoms with Crippen LogP contribution in [0.1, 0.15) is 31.2 Å². The number of fused-ring (bicyclic) bond motifs is 1. The number of nitrogens with zero attached hydrogens (tertiary/aromatic N) is 4. The summed E-state index contributed by atoms with van der Waals surface area (Å²) in [5.74, 6) is 2.17. The van der Waals surface area contributed by atoms with Gasteiger partial charge in [-0.2, -0.15) is 4.98 Å². The van der Waals surface area contributed by atoms with E-state index in [1.807, 2.05) is 19.2 Å². The van der Waals surface area contributed by atoms with Crippen molar-refractivity contribution in [3.63, 3.8) is 0 Å². The first-order valence-corrected chi connectivity index (χ1v) is 12.1. The number of likely N-dealkylation sites (tertiary alicyclic amines) is 1. The van der Waals surface area contributed by atoms with Crippen LogP contribution < -0.4 is 20.1 Å². The smallest absolute Gasteiger partial charge is 0.227 e. The number of carbonyl (C=O) groups is 1. The Morgan fingerprint density at radius 2 is 1.69 bits per heavy atom. The van der Waals surface area contributed by atoms with Gasteiger partial charge in [-0.05, 0) is 37.3 Å². The maximum atomic E-state index is 11.7. The number of carbonyl (C=O) groups excluding carboxylic acids is 1. The normalized spacial score (nSPS) is 18.7. The molecule has 3 aromatic rings. The Labute approximate surface area is 206 Å². The van der Waals surface area contributed by atoms with Crippen LogP contribution in [0.2, 0.25) is 0 Å². The number of hydrogen-bond acceptors (Lipinski definition) is 8. The van der Waals surface area contributed by atoms with E-state index in [1.54, 1.807) is 14.2 Å². The van der Waals surface area contributed by atoms with Gasteiger partial charge in [-0.25, -0.2) is 4.98 Å². The number of nitrogens with two attached hydrogens (primary N) is 1. The first kappa shape index (κ1) is 23.4. The molecule has 0 spiro atoms. The van der Waals surface area contributed by atoms with Gasteiger partial charge in [0.1, 0.15) is 12.1 Å². The van der Waals surface area contributed by atoms with Crippen molar-refractivity contribution in [1.82, 2.24) is 14.9 Å². The summed E-state index contributed by atoms with van der Waals surface area (Å²) >= 11 is 0. The SMILES string of the molecule is COc1cc2nc(N(C)CC3(c4ccccc4)CCN(C4(C=O)CC4)CC3)nc(N)c2cc1OC. The minimum absolute atomic E-state index is 0.0733. The Morgan fingerprint density at radius 3 is 2.29 bits per heavy atom. The van der Waals surface area contributed by atoms with Crippen LogP contribution in [0, 0.1) is 0 Å². The maximum absolute atomic E-state index is 11.7. The molecule has 1 aliphatic carbocycles. The summed E-state index contributed by atoms with van der Waals surface area (Å²) in [6.45, 7) is 2.55. The zero-order valence-corrected chi connectivity index (χ0v) is 20.7. The van der Waals surface area contributed by atoms with Gasteiger partial charge >= 0.3 is 0 Å². The quantitative estimate of drug-likeness (QED) is 0.495. The number of aromatic nitrogens is 2. The van der Waals surface area contributed by atoms with Crippen LogP contribution >= 0.6 is 0 Å². The number of rotatable bonds is 8. The van der Waals surface area contributed by atoms with Gasteiger partial charge in [0.2, 0.25) is 5.95 Å². The van der Waals surface area contributed by atoms with Crippen LogP contribution in [-0.2, 0) is 10.2 Å². The van der Waals surface area contributed by atoms with Gasteiger partial charge in [0.15, 0.2) is 11.5 Å². The van der Waals surface area contributed by atoms with Crippen LogP contribution in [0.3, 0.4) is 0 Å². The summed E-state index contributed by atoms with van der Waals surface area (Å²) < 4.78 is 10.9. The summed E-state index contributed by atoms with van der Waals surface area (Å²) in [5.41, 5.74) is 8.09. The van der Waals surface area contributed by atoms with Gasteiger partial charge in [0.25, 0.3) is 0 Å². The molecule has 8 heteroatoms. The third-order valence-corrected chi connectivity index (χ3v) is 7.82. The standard InChI is InChI=1S/C27H33N5O3/c1-31(25-29-21-16-23(35-3)22(34-2)15-20(21)24(28)30-25)17-26(19-7-5-4-6-8-19)11-13-32(14-12-26)27(18-33)9-10-27/h4-8,15-16,18H,9-14,17H2,1-3H3,(H2,28,29,30). The molecule has 8 nitrogen and oxygen atoms in total. The summed E-state index contributed by atoms with van der Waals surface area (Å²) in [4.78, 5) is 25.7. The number of ether oxygens (including phenoxy) is 2. The van der Waals surface area contributed by atoms with Crippen LogP contribution in [-0.4, -0.2) is 67.6 Å². The molecule has 5 rings (SSSR count). The van der Waals surface area contributed by atoms with Gasteiger partial charge in [0, 0.05) is 43.5 Å². The van der Waals surface area contributed by atoms with Crippen LogP contribution in [0.15, 0.2) is 42.5 Å². The lowest BCUT2D eigenvalue weighted by Crippen LogP contribution is -2.52. The summed E-state index contributed by atoms with van der Waals surface area (Å²) in [6, 6.07) is 14.3. The molecule has 2 aliphatic rings. The Kier molecular flexibility index (Phi) is 6.01. The van der Waals surface area contributed by atoms with Crippen LogP contribution in [0.25, 0.3) is 10.9 Å². The predicted octanol–water partition coefficient (Wildman–Crippen LogP) is 3.43. The second-order valence-electron chi connectivity index (χ2n) is 9.84. The molecule has 1 saturated heterocycles. The number of piperidine rings is 1. The van der Waals surface area contributed by atoms with Crippen molar-refractivity contribution in [3.8, 4) is 11.5 Å². The highest BCUT2D eigenvalue weighted by atomic mass is 16.5. The number of aldehydes is 1. The molecule has 0 unspecified atom stereocenters. The monoisotopic (exact) mass is 475 g/mol. The number of methoxy groups -OCH3 is 2. The van der Waals surface area contributed by atoms with Crippen LogP contribution in [0.4, 0.5) is 11.8 Å². The molecule has 1 aromatic heterocycles. The molecule has 35 heavy (non-hydrogen) atoms. The van der Waals surface area contributed by atoms with Gasteiger partial charge in [-0.15, -0.1) is 0 Å². The van der Waals surface area contributed by atoms with Gasteiger partial charge in [-0.3, -0.25) is 4.90 Å². The molecule has 184 valence electrons. The summed E-state index contributed by atoms with van der Waals surface area (Å²) in [5, 5.41) is 0.731. The van der Waals surface area contributed by atoms with E-state index in [4.69, 9.17) is 20.2 Å². The first-order valence-electron chi connectivity index (χ1n) is 12.1. The van der Waals surface area contributed by atoms with Crippen molar-refractivity contribution in [2.75, 3.05) is 51.5 Å². The lowest BCUT2D eigenvalue weighted by molar-refractivity contribution is -0.114. The number of likely N-dealkylation sites (N-methyl/N-ethyl adjacent to an activating group) is 1. The molecule has 2 heterocycles. The fourth-order valence-electron chi connectivity index (χ4n) is 5.51. The Bertz CT molecular complexity index is 1220. The van der Waals surface area contributed by atoms with E-state index in [9.17, 15) is 4.79 Å². The highest BCUT2D eigenvalue weighted by molar-refractivity contribution is 5.91. The van der Waals surface area contributed by atoms with E-state index >= 15 is 0 Å². The molecule has 2 N–H and O–H groups in total. The Morgan fingerprint density at radius 1 is 1.03 bits per heavy atom. The number of nitrogen functional groups attached to an aromatic ring is 1. The topological polar surface area (TPSA) is 93.8 Å². The van der Waals surface area contributed by atoms with Gasteiger partial charge in [0.05, 0.1) is 25.3 Å². The van der Waals surface area contributed by atoms with E-state index in [0.29, 0.717) is 28.8 Å². The maximum Gasteiger partial charge on any atom is 0.227 e. The molecule has 2 fully saturated rings. The fraction of sp³-hybridized carbons (Fsp3) is 0.444. The average molecular weight is 476 g/mol. The fourth-order valence-corrected chi connectivity index (χ4v) is 5.51. The second-order valence-corrected chi connectivity index (χ2v) is 9.84. The Balaban J connectivity index is 1.45. The highest BCUT2D eigenvalue weighted by Gasteiger charge is 2.51. The highest BCUT2D eigenvalue weighted by Crippen LogP contribution is 2.45. The van der Waals surface area contributed by atoms with Crippen LogP contribution in [0.5, 0.6) is 11.5 Å². The minimum atomic E-state index is -0.217. The summed E-state index contributed by atoms with van der Waals surface area (Å²) in [6.07, 6.45) is 5.04. The first-order chi connectivity index (χ1) is 16.9. The van der Waals surface area contributed by atoms with Crippen molar-refractivity contribution in [1.29, 1.82) is 0 Å². The van der Waals surface area contributed by atoms with Gasteiger partial charge in [-0.1, -0.05) is 30.3 Å². The van der Waals surface area contributed by atoms with E-state index in [0.717, 1.165) is 57.0 Å². The van der Waals surface area contributed by atoms with Crippen molar-refractivity contribution < 1.29 is 14.3 Å². The van der Waals surface area contributed by atoms with E-state index < -0.39 is 0 Å². The van der Waals surface area contributed by atoms with E-state index in [2.05, 4.69) is 45.1 Å². The predicted molar refractivity (Wildman–Crippen MR) is 137 cm³/mol. The summed E-state index contributed by atoms with van der Waals surface area (Å²) in [7, 11) is 5.22. The molecule has 2 aromatic carbocycles. The lowest BCUT2D eigenvalue weighted by atomic mass is 9.72. The third kappa shape index (κ3) is 4.16. The number of hydrogen-bond donors (Lipinski definition) is 1. The molecule has 1 aliphatic heterocycles. The molecule has 1 saturated carbocycles. The minimum Gasteiger partial charge on any atom is -0.493 e. The molecule has 0 amide bonds. The zero-order chi connectivity index (χ0) is 24.6. The van der Waals surface area contributed by atoms with Gasteiger partial charge < -0.3 is 24.9 Å². The molecule has 0 atom stereocenters. The number of anilines is 2. The van der Waals surface area contributed by atoms with E-state index in [-0.39, 0.29) is 11.0 Å². The number of benzene rings is 2. The van der Waals surface area contributed by atoms with Crippen molar-refractivity contribution in [2.45, 2.75) is 36.6 Å². The zero-order valence-electron chi connectivity index (χ0n) is 20.7. The third-order valence-electron chi connectivity index (χ3n) is 7.82. The largest absolute Gasteiger partial charge is 0.493 e. The Hall–Kier alpha value is -3.39.